The topological polar surface area (TPSA) is 36.4 Å². The highest BCUT2D eigenvalue weighted by Crippen LogP contribution is 2.33. The van der Waals surface area contributed by atoms with Crippen LogP contribution < -0.4 is 4.90 Å². The zero-order valence-corrected chi connectivity index (χ0v) is 16.9. The van der Waals surface area contributed by atoms with E-state index in [4.69, 9.17) is 0 Å². The van der Waals surface area contributed by atoms with Crippen molar-refractivity contribution in [2.75, 3.05) is 24.5 Å². The average Bonchev–Trinajstić information content (AvgIpc) is 3.37. The van der Waals surface area contributed by atoms with Crippen molar-refractivity contribution in [2.45, 2.75) is 32.2 Å². The SMILES string of the molecule is O=C(CC1CCN(c2ccnc3ccsc23)CC1)N1CCc2sccc2C1. The van der Waals surface area contributed by atoms with Crippen LogP contribution in [0.2, 0.25) is 0 Å². The smallest absolute Gasteiger partial charge is 0.223 e. The van der Waals surface area contributed by atoms with Gasteiger partial charge < -0.3 is 9.80 Å². The molecule has 3 aromatic rings. The monoisotopic (exact) mass is 397 g/mol. The molecule has 1 saturated heterocycles. The van der Waals surface area contributed by atoms with Gasteiger partial charge in [0.25, 0.3) is 0 Å². The highest BCUT2D eigenvalue weighted by atomic mass is 32.1. The Morgan fingerprint density at radius 2 is 1.96 bits per heavy atom. The van der Waals surface area contributed by atoms with Crippen molar-refractivity contribution in [1.82, 2.24) is 9.88 Å². The molecule has 0 saturated carbocycles. The van der Waals surface area contributed by atoms with E-state index in [1.807, 2.05) is 17.5 Å². The van der Waals surface area contributed by atoms with Crippen molar-refractivity contribution in [3.8, 4) is 0 Å². The van der Waals surface area contributed by atoms with Gasteiger partial charge in [-0.1, -0.05) is 0 Å². The molecule has 0 N–H and O–H groups in total. The van der Waals surface area contributed by atoms with Gasteiger partial charge in [-0.3, -0.25) is 9.78 Å². The van der Waals surface area contributed by atoms with E-state index in [-0.39, 0.29) is 0 Å². The lowest BCUT2D eigenvalue weighted by Gasteiger charge is -2.35. The molecule has 6 heteroatoms. The maximum atomic E-state index is 12.8. The summed E-state index contributed by atoms with van der Waals surface area (Å²) in [5.41, 5.74) is 3.75. The highest BCUT2D eigenvalue weighted by Gasteiger charge is 2.27. The summed E-state index contributed by atoms with van der Waals surface area (Å²) in [4.78, 5) is 23.3. The third-order valence-corrected chi connectivity index (χ3v) is 7.85. The molecule has 3 aromatic heterocycles. The van der Waals surface area contributed by atoms with Crippen LogP contribution in [0.25, 0.3) is 10.2 Å². The number of hydrogen-bond acceptors (Lipinski definition) is 5. The first-order chi connectivity index (χ1) is 13.3. The van der Waals surface area contributed by atoms with E-state index >= 15 is 0 Å². The highest BCUT2D eigenvalue weighted by molar-refractivity contribution is 7.17. The second-order valence-corrected chi connectivity index (χ2v) is 9.45. The summed E-state index contributed by atoms with van der Waals surface area (Å²) in [6.45, 7) is 3.76. The summed E-state index contributed by atoms with van der Waals surface area (Å²) < 4.78 is 1.28. The number of fused-ring (bicyclic) bond motifs is 2. The van der Waals surface area contributed by atoms with E-state index in [0.29, 0.717) is 18.2 Å². The molecule has 1 fully saturated rings. The van der Waals surface area contributed by atoms with Gasteiger partial charge in [-0.2, -0.15) is 0 Å². The quantitative estimate of drug-likeness (QED) is 0.651. The van der Waals surface area contributed by atoms with Gasteiger partial charge in [-0.25, -0.2) is 0 Å². The number of piperidine rings is 1. The summed E-state index contributed by atoms with van der Waals surface area (Å²) >= 11 is 3.60. The van der Waals surface area contributed by atoms with Crippen molar-refractivity contribution in [2.24, 2.45) is 5.92 Å². The minimum atomic E-state index is 0.342. The summed E-state index contributed by atoms with van der Waals surface area (Å²) in [5, 5.41) is 4.27. The minimum absolute atomic E-state index is 0.342. The Balaban J connectivity index is 1.19. The molecule has 0 aliphatic carbocycles. The molecule has 0 unspecified atom stereocenters. The van der Waals surface area contributed by atoms with E-state index < -0.39 is 0 Å². The minimum Gasteiger partial charge on any atom is -0.370 e. The van der Waals surface area contributed by atoms with Crippen molar-refractivity contribution in [3.05, 3.63) is 45.6 Å². The number of hydrogen-bond donors (Lipinski definition) is 0. The van der Waals surface area contributed by atoms with Crippen LogP contribution >= 0.6 is 22.7 Å². The molecular formula is C21H23N3OS2. The molecule has 0 spiro atoms. The fraction of sp³-hybridized carbons (Fsp3) is 0.429. The summed E-state index contributed by atoms with van der Waals surface area (Å²) in [7, 11) is 0. The number of nitrogens with zero attached hydrogens (tertiary/aromatic N) is 3. The Hall–Kier alpha value is -1.92. The number of pyridine rings is 1. The molecule has 2 aliphatic heterocycles. The van der Waals surface area contributed by atoms with Crippen LogP contribution in [0, 0.1) is 5.92 Å². The lowest BCUT2D eigenvalue weighted by Crippen LogP contribution is -2.39. The first-order valence-electron chi connectivity index (χ1n) is 9.68. The van der Waals surface area contributed by atoms with Gasteiger partial charge >= 0.3 is 0 Å². The number of anilines is 1. The van der Waals surface area contributed by atoms with Gasteiger partial charge in [-0.05, 0) is 59.7 Å². The fourth-order valence-corrected chi connectivity index (χ4v) is 6.11. The van der Waals surface area contributed by atoms with Crippen LogP contribution in [-0.4, -0.2) is 35.4 Å². The molecule has 4 nitrogen and oxygen atoms in total. The van der Waals surface area contributed by atoms with Gasteiger partial charge in [0.2, 0.25) is 5.91 Å². The van der Waals surface area contributed by atoms with Gasteiger partial charge in [-0.15, -0.1) is 22.7 Å². The second-order valence-electron chi connectivity index (χ2n) is 7.53. The average molecular weight is 398 g/mol. The zero-order chi connectivity index (χ0) is 18.2. The van der Waals surface area contributed by atoms with Crippen LogP contribution in [0.15, 0.2) is 35.2 Å². The Bertz CT molecular complexity index is 955. The molecule has 0 atom stereocenters. The fourth-order valence-electron chi connectivity index (χ4n) is 4.32. The molecule has 5 heterocycles. The van der Waals surface area contributed by atoms with Crippen molar-refractivity contribution < 1.29 is 4.79 Å². The van der Waals surface area contributed by atoms with Crippen molar-refractivity contribution >= 4 is 44.5 Å². The number of rotatable bonds is 3. The Morgan fingerprint density at radius 1 is 1.11 bits per heavy atom. The van der Waals surface area contributed by atoms with Gasteiger partial charge in [0.1, 0.15) is 0 Å². The van der Waals surface area contributed by atoms with E-state index in [0.717, 1.165) is 51.0 Å². The first-order valence-corrected chi connectivity index (χ1v) is 11.4. The zero-order valence-electron chi connectivity index (χ0n) is 15.3. The number of carbonyl (C=O) groups is 1. The maximum absolute atomic E-state index is 12.8. The summed E-state index contributed by atoms with van der Waals surface area (Å²) in [6.07, 6.45) is 5.83. The number of aromatic nitrogens is 1. The maximum Gasteiger partial charge on any atom is 0.223 e. The van der Waals surface area contributed by atoms with E-state index in [2.05, 4.69) is 43.7 Å². The van der Waals surface area contributed by atoms with Crippen molar-refractivity contribution in [1.29, 1.82) is 0 Å². The standard InChI is InChI=1S/C21H23N3OS2/c25-20(24-10-4-19-16(14-24)5-11-26-19)13-15-2-8-23(9-3-15)18-1-7-22-17-6-12-27-21(17)18/h1,5-7,11-12,15H,2-4,8-10,13-14H2. The largest absolute Gasteiger partial charge is 0.370 e. The summed E-state index contributed by atoms with van der Waals surface area (Å²) in [6, 6.07) is 6.40. The van der Waals surface area contributed by atoms with Gasteiger partial charge in [0.15, 0.2) is 0 Å². The van der Waals surface area contributed by atoms with Crippen LogP contribution in [0.4, 0.5) is 5.69 Å². The van der Waals surface area contributed by atoms with Gasteiger partial charge in [0.05, 0.1) is 15.9 Å². The molecule has 0 bridgehead atoms. The molecule has 5 rings (SSSR count). The molecule has 27 heavy (non-hydrogen) atoms. The van der Waals surface area contributed by atoms with E-state index in [9.17, 15) is 4.79 Å². The van der Waals surface area contributed by atoms with Crippen LogP contribution in [0.3, 0.4) is 0 Å². The Kier molecular flexibility index (Phi) is 4.61. The molecule has 140 valence electrons. The Labute approximate surface area is 167 Å². The molecular weight excluding hydrogens is 374 g/mol. The van der Waals surface area contributed by atoms with E-state index in [1.54, 1.807) is 11.3 Å². The second kappa shape index (κ2) is 7.24. The number of thiophene rings is 2. The lowest BCUT2D eigenvalue weighted by molar-refractivity contribution is -0.133. The Morgan fingerprint density at radius 3 is 2.85 bits per heavy atom. The number of carbonyl (C=O) groups excluding carboxylic acids is 1. The third-order valence-electron chi connectivity index (χ3n) is 5.90. The molecule has 0 radical (unpaired) electrons. The number of amides is 1. The normalized spacial score (nSPS) is 18.1. The first kappa shape index (κ1) is 17.2. The van der Waals surface area contributed by atoms with Crippen LogP contribution in [0.5, 0.6) is 0 Å². The van der Waals surface area contributed by atoms with Crippen molar-refractivity contribution in [3.63, 3.8) is 0 Å². The predicted molar refractivity (Wildman–Crippen MR) is 113 cm³/mol. The summed E-state index contributed by atoms with van der Waals surface area (Å²) in [5.74, 6) is 0.855. The molecule has 2 aliphatic rings. The van der Waals surface area contributed by atoms with Crippen LogP contribution in [0.1, 0.15) is 29.7 Å². The van der Waals surface area contributed by atoms with Gasteiger partial charge in [0, 0.05) is 43.7 Å². The van der Waals surface area contributed by atoms with E-state index in [1.165, 1.54) is 20.8 Å². The van der Waals surface area contributed by atoms with Crippen LogP contribution in [-0.2, 0) is 17.8 Å². The third kappa shape index (κ3) is 3.36. The molecule has 0 aromatic carbocycles. The predicted octanol–water partition coefficient (Wildman–Crippen LogP) is 4.55. The molecule has 1 amide bonds. The lowest BCUT2D eigenvalue weighted by atomic mass is 9.92.